The molecular formula is C12H14ClN. The van der Waals surface area contributed by atoms with Crippen molar-refractivity contribution in [3.8, 4) is 6.07 Å². The standard InChI is InChI=1S/C12H14ClN/c1-9(2)11-6-5-10(4-3-7-14)12(13)8-11/h5-6,8-9H,3-4H2,1-2H3. The van der Waals surface area contributed by atoms with E-state index in [0.717, 1.165) is 17.0 Å². The second kappa shape index (κ2) is 5.02. The van der Waals surface area contributed by atoms with Crippen molar-refractivity contribution in [3.63, 3.8) is 0 Å². The van der Waals surface area contributed by atoms with E-state index in [0.29, 0.717) is 12.3 Å². The molecule has 2 heteroatoms. The molecular weight excluding hydrogens is 194 g/mol. The molecule has 0 aliphatic rings. The number of benzene rings is 1. The van der Waals surface area contributed by atoms with Crippen molar-refractivity contribution in [3.05, 3.63) is 34.3 Å². The Labute approximate surface area is 90.3 Å². The maximum atomic E-state index is 8.47. The van der Waals surface area contributed by atoms with Crippen molar-refractivity contribution in [2.24, 2.45) is 0 Å². The molecule has 1 aromatic carbocycles. The third kappa shape index (κ3) is 2.75. The summed E-state index contributed by atoms with van der Waals surface area (Å²) in [5.41, 5.74) is 2.31. The van der Waals surface area contributed by atoms with E-state index in [1.165, 1.54) is 5.56 Å². The topological polar surface area (TPSA) is 23.8 Å². The second-order valence-corrected chi connectivity index (χ2v) is 4.07. The SMILES string of the molecule is CC(C)c1ccc(CCC#N)c(Cl)c1. The van der Waals surface area contributed by atoms with Crippen LogP contribution in [0.4, 0.5) is 0 Å². The average Bonchev–Trinajstić information content (AvgIpc) is 2.15. The number of rotatable bonds is 3. The quantitative estimate of drug-likeness (QED) is 0.737. The second-order valence-electron chi connectivity index (χ2n) is 3.66. The van der Waals surface area contributed by atoms with E-state index in [1.807, 2.05) is 12.1 Å². The zero-order chi connectivity index (χ0) is 10.6. The molecule has 1 aromatic rings. The first-order valence-electron chi connectivity index (χ1n) is 4.80. The Bertz CT molecular complexity index is 350. The van der Waals surface area contributed by atoms with E-state index in [9.17, 15) is 0 Å². The van der Waals surface area contributed by atoms with Gasteiger partial charge >= 0.3 is 0 Å². The minimum absolute atomic E-state index is 0.498. The Balaban J connectivity index is 2.85. The summed E-state index contributed by atoms with van der Waals surface area (Å²) >= 11 is 6.10. The molecule has 0 saturated heterocycles. The van der Waals surface area contributed by atoms with Crippen molar-refractivity contribution in [2.75, 3.05) is 0 Å². The van der Waals surface area contributed by atoms with Gasteiger partial charge in [0, 0.05) is 11.4 Å². The Morgan fingerprint density at radius 1 is 1.43 bits per heavy atom. The van der Waals surface area contributed by atoms with Crippen LogP contribution in [-0.2, 0) is 6.42 Å². The van der Waals surface area contributed by atoms with Gasteiger partial charge in [0.1, 0.15) is 0 Å². The van der Waals surface area contributed by atoms with Crippen molar-refractivity contribution < 1.29 is 0 Å². The normalized spacial score (nSPS) is 10.2. The molecule has 14 heavy (non-hydrogen) atoms. The van der Waals surface area contributed by atoms with Gasteiger partial charge in [-0.3, -0.25) is 0 Å². The van der Waals surface area contributed by atoms with Gasteiger partial charge in [-0.25, -0.2) is 0 Å². The lowest BCUT2D eigenvalue weighted by Gasteiger charge is -2.08. The van der Waals surface area contributed by atoms with Gasteiger partial charge < -0.3 is 0 Å². The van der Waals surface area contributed by atoms with Crippen molar-refractivity contribution >= 4 is 11.6 Å². The molecule has 0 amide bonds. The zero-order valence-electron chi connectivity index (χ0n) is 8.55. The molecule has 1 rings (SSSR count). The van der Waals surface area contributed by atoms with Crippen LogP contribution in [0, 0.1) is 11.3 Å². The van der Waals surface area contributed by atoms with Gasteiger partial charge in [-0.2, -0.15) is 5.26 Å². The van der Waals surface area contributed by atoms with Gasteiger partial charge in [-0.05, 0) is 29.5 Å². The molecule has 0 spiro atoms. The summed E-state index contributed by atoms with van der Waals surface area (Å²) in [6.07, 6.45) is 1.27. The molecule has 0 aromatic heterocycles. The van der Waals surface area contributed by atoms with Gasteiger partial charge in [0.25, 0.3) is 0 Å². The fourth-order valence-corrected chi connectivity index (χ4v) is 1.60. The number of hydrogen-bond acceptors (Lipinski definition) is 1. The van der Waals surface area contributed by atoms with E-state index < -0.39 is 0 Å². The van der Waals surface area contributed by atoms with Crippen LogP contribution >= 0.6 is 11.6 Å². The highest BCUT2D eigenvalue weighted by Crippen LogP contribution is 2.23. The fraction of sp³-hybridized carbons (Fsp3) is 0.417. The van der Waals surface area contributed by atoms with Crippen LogP contribution in [0.25, 0.3) is 0 Å². The summed E-state index contributed by atoms with van der Waals surface area (Å²) in [4.78, 5) is 0. The number of halogens is 1. The van der Waals surface area contributed by atoms with Crippen molar-refractivity contribution in [1.29, 1.82) is 5.26 Å². The van der Waals surface area contributed by atoms with E-state index >= 15 is 0 Å². The lowest BCUT2D eigenvalue weighted by Crippen LogP contribution is -1.91. The van der Waals surface area contributed by atoms with Crippen LogP contribution in [0.2, 0.25) is 5.02 Å². The maximum absolute atomic E-state index is 8.47. The van der Waals surface area contributed by atoms with Gasteiger partial charge in [0.2, 0.25) is 0 Å². The summed E-state index contributed by atoms with van der Waals surface area (Å²) in [6, 6.07) is 8.23. The molecule has 0 aliphatic heterocycles. The third-order valence-electron chi connectivity index (χ3n) is 2.25. The van der Waals surface area contributed by atoms with Crippen LogP contribution in [-0.4, -0.2) is 0 Å². The molecule has 74 valence electrons. The monoisotopic (exact) mass is 207 g/mol. The lowest BCUT2D eigenvalue weighted by atomic mass is 10.0. The fourth-order valence-electron chi connectivity index (χ4n) is 1.32. The average molecular weight is 208 g/mol. The minimum Gasteiger partial charge on any atom is -0.198 e. The molecule has 0 N–H and O–H groups in total. The molecule has 0 atom stereocenters. The van der Waals surface area contributed by atoms with Crippen molar-refractivity contribution in [2.45, 2.75) is 32.6 Å². The zero-order valence-corrected chi connectivity index (χ0v) is 9.30. The van der Waals surface area contributed by atoms with E-state index in [1.54, 1.807) is 0 Å². The molecule has 0 radical (unpaired) electrons. The van der Waals surface area contributed by atoms with Gasteiger partial charge in [0.15, 0.2) is 0 Å². The highest BCUT2D eigenvalue weighted by molar-refractivity contribution is 6.31. The number of aryl methyl sites for hydroxylation is 1. The molecule has 0 saturated carbocycles. The van der Waals surface area contributed by atoms with E-state index in [2.05, 4.69) is 26.0 Å². The smallest absolute Gasteiger partial charge is 0.0625 e. The van der Waals surface area contributed by atoms with Gasteiger partial charge in [-0.15, -0.1) is 0 Å². The van der Waals surface area contributed by atoms with Crippen LogP contribution < -0.4 is 0 Å². The molecule has 0 aliphatic carbocycles. The Morgan fingerprint density at radius 2 is 2.14 bits per heavy atom. The summed E-state index contributed by atoms with van der Waals surface area (Å²) in [5.74, 6) is 0.498. The number of nitrogens with zero attached hydrogens (tertiary/aromatic N) is 1. The Kier molecular flexibility index (Phi) is 3.98. The highest BCUT2D eigenvalue weighted by atomic mass is 35.5. The number of nitriles is 1. The van der Waals surface area contributed by atoms with Crippen LogP contribution in [0.1, 0.15) is 37.3 Å². The van der Waals surface area contributed by atoms with E-state index in [-0.39, 0.29) is 0 Å². The predicted octanol–water partition coefficient (Wildman–Crippen LogP) is 3.92. The van der Waals surface area contributed by atoms with Crippen molar-refractivity contribution in [1.82, 2.24) is 0 Å². The summed E-state index contributed by atoms with van der Waals surface area (Å²) in [7, 11) is 0. The molecule has 0 bridgehead atoms. The minimum atomic E-state index is 0.498. The first-order chi connectivity index (χ1) is 6.65. The Morgan fingerprint density at radius 3 is 2.64 bits per heavy atom. The first kappa shape index (κ1) is 11.1. The van der Waals surface area contributed by atoms with Crippen LogP contribution in [0.3, 0.4) is 0 Å². The molecule has 0 heterocycles. The summed E-state index contributed by atoms with van der Waals surface area (Å²) in [6.45, 7) is 4.28. The predicted molar refractivity (Wildman–Crippen MR) is 59.5 cm³/mol. The lowest BCUT2D eigenvalue weighted by molar-refractivity contribution is 0.864. The molecule has 0 fully saturated rings. The van der Waals surface area contributed by atoms with Crippen LogP contribution in [0.15, 0.2) is 18.2 Å². The largest absolute Gasteiger partial charge is 0.198 e. The van der Waals surface area contributed by atoms with Gasteiger partial charge in [0.05, 0.1) is 6.07 Å². The molecule has 1 nitrogen and oxygen atoms in total. The Hall–Kier alpha value is -1.00. The third-order valence-corrected chi connectivity index (χ3v) is 2.60. The van der Waals surface area contributed by atoms with Crippen LogP contribution in [0.5, 0.6) is 0 Å². The maximum Gasteiger partial charge on any atom is 0.0625 e. The number of hydrogen-bond donors (Lipinski definition) is 0. The van der Waals surface area contributed by atoms with E-state index in [4.69, 9.17) is 16.9 Å². The summed E-state index contributed by atoms with van der Waals surface area (Å²) in [5, 5.41) is 9.25. The van der Waals surface area contributed by atoms with Gasteiger partial charge in [-0.1, -0.05) is 37.6 Å². The summed E-state index contributed by atoms with van der Waals surface area (Å²) < 4.78 is 0. The molecule has 0 unspecified atom stereocenters. The highest BCUT2D eigenvalue weighted by Gasteiger charge is 2.04. The first-order valence-corrected chi connectivity index (χ1v) is 5.18.